The smallest absolute Gasteiger partial charge is 0.419 e. The topological polar surface area (TPSA) is 48.1 Å². The Hall–Kier alpha value is -1.67. The summed E-state index contributed by atoms with van der Waals surface area (Å²) < 4.78 is 57.0. The van der Waals surface area contributed by atoms with Crippen LogP contribution in [0.15, 0.2) is 34.9 Å². The summed E-state index contributed by atoms with van der Waals surface area (Å²) in [5.41, 5.74) is 4.62. The number of nitrogens with two attached hydrogens (primary N) is 1. The van der Waals surface area contributed by atoms with Crippen LogP contribution in [0.4, 0.5) is 17.6 Å². The van der Waals surface area contributed by atoms with Gasteiger partial charge in [0.25, 0.3) is 0 Å². The van der Waals surface area contributed by atoms with Crippen LogP contribution in [0.25, 0.3) is 0 Å². The lowest BCUT2D eigenvalue weighted by molar-refractivity contribution is -0.140. The minimum absolute atomic E-state index is 0.0698. The summed E-state index contributed by atoms with van der Waals surface area (Å²) in [6, 6.07) is 4.00. The Morgan fingerprint density at radius 1 is 1.24 bits per heavy atom. The van der Waals surface area contributed by atoms with Gasteiger partial charge in [-0.25, -0.2) is 9.37 Å². The fraction of sp³-hybridized carbons (Fsp3) is 0.154. The second-order valence-corrected chi connectivity index (χ2v) is 4.98. The third-order valence-corrected chi connectivity index (χ3v) is 3.00. The van der Waals surface area contributed by atoms with Crippen molar-refractivity contribution in [1.82, 2.24) is 4.98 Å². The monoisotopic (exact) mass is 364 g/mol. The van der Waals surface area contributed by atoms with Crippen LogP contribution in [0.5, 0.6) is 11.6 Å². The molecule has 0 saturated carbocycles. The predicted molar refractivity (Wildman–Crippen MR) is 71.3 cm³/mol. The molecule has 8 heteroatoms. The third kappa shape index (κ3) is 3.70. The summed E-state index contributed by atoms with van der Waals surface area (Å²) in [4.78, 5) is 3.93. The van der Waals surface area contributed by atoms with Crippen molar-refractivity contribution in [3.63, 3.8) is 0 Å². The van der Waals surface area contributed by atoms with Crippen LogP contribution in [-0.2, 0) is 12.7 Å². The third-order valence-electron chi connectivity index (χ3n) is 2.57. The average Bonchev–Trinajstić information content (AvgIpc) is 2.41. The number of hydrogen-bond acceptors (Lipinski definition) is 3. The van der Waals surface area contributed by atoms with Crippen LogP contribution in [0.1, 0.15) is 11.1 Å². The van der Waals surface area contributed by atoms with Crippen molar-refractivity contribution in [1.29, 1.82) is 0 Å². The number of halogens is 5. The molecule has 1 aromatic heterocycles. The Morgan fingerprint density at radius 2 is 1.95 bits per heavy atom. The number of benzene rings is 1. The first kappa shape index (κ1) is 15.7. The van der Waals surface area contributed by atoms with Gasteiger partial charge in [0.05, 0.1) is 5.56 Å². The zero-order valence-electron chi connectivity index (χ0n) is 10.4. The standard InChI is InChI=1S/C13H9BrF4N2O/c14-8-3-7(5-19)12(20-6-8)21-9-1-2-11(15)10(4-9)13(16,17)18/h1-4,6H,5,19H2. The van der Waals surface area contributed by atoms with Gasteiger partial charge in [-0.2, -0.15) is 13.2 Å². The van der Waals surface area contributed by atoms with Crippen LogP contribution < -0.4 is 10.5 Å². The first-order valence-electron chi connectivity index (χ1n) is 5.70. The zero-order valence-corrected chi connectivity index (χ0v) is 12.0. The van der Waals surface area contributed by atoms with Crippen molar-refractivity contribution in [3.05, 3.63) is 51.9 Å². The molecule has 1 heterocycles. The van der Waals surface area contributed by atoms with Gasteiger partial charge in [-0.1, -0.05) is 0 Å². The van der Waals surface area contributed by atoms with Crippen LogP contribution in [0, 0.1) is 5.82 Å². The summed E-state index contributed by atoms with van der Waals surface area (Å²) in [5.74, 6) is -1.47. The van der Waals surface area contributed by atoms with Crippen molar-refractivity contribution in [2.45, 2.75) is 12.7 Å². The predicted octanol–water partition coefficient (Wildman–Crippen LogP) is 4.25. The number of nitrogens with zero attached hydrogens (tertiary/aromatic N) is 1. The molecule has 0 fully saturated rings. The molecule has 0 aliphatic rings. The first-order chi connectivity index (χ1) is 9.81. The van der Waals surface area contributed by atoms with Crippen molar-refractivity contribution in [2.24, 2.45) is 5.73 Å². The number of ether oxygens (including phenoxy) is 1. The molecule has 3 nitrogen and oxygen atoms in total. The van der Waals surface area contributed by atoms with Crippen LogP contribution in [0.2, 0.25) is 0 Å². The molecule has 0 aliphatic heterocycles. The maximum Gasteiger partial charge on any atom is 0.419 e. The van der Waals surface area contributed by atoms with E-state index in [1.54, 1.807) is 6.07 Å². The maximum absolute atomic E-state index is 13.2. The molecule has 21 heavy (non-hydrogen) atoms. The van der Waals surface area contributed by atoms with E-state index in [1.165, 1.54) is 6.20 Å². The minimum atomic E-state index is -4.80. The Balaban J connectivity index is 2.37. The highest BCUT2D eigenvalue weighted by molar-refractivity contribution is 9.10. The molecule has 2 rings (SSSR count). The zero-order chi connectivity index (χ0) is 15.6. The van der Waals surface area contributed by atoms with E-state index in [0.717, 1.165) is 6.07 Å². The van der Waals surface area contributed by atoms with E-state index in [-0.39, 0.29) is 18.2 Å². The van der Waals surface area contributed by atoms with E-state index in [2.05, 4.69) is 20.9 Å². The van der Waals surface area contributed by atoms with E-state index >= 15 is 0 Å². The van der Waals surface area contributed by atoms with Gasteiger partial charge in [0.15, 0.2) is 0 Å². The molecule has 0 unspecified atom stereocenters. The molecule has 2 aromatic rings. The normalized spacial score (nSPS) is 11.5. The van der Waals surface area contributed by atoms with Crippen molar-refractivity contribution < 1.29 is 22.3 Å². The van der Waals surface area contributed by atoms with Crippen LogP contribution in [-0.4, -0.2) is 4.98 Å². The Bertz CT molecular complexity index is 661. The summed E-state index contributed by atoms with van der Waals surface area (Å²) in [5, 5.41) is 0. The first-order valence-corrected chi connectivity index (χ1v) is 6.49. The fourth-order valence-corrected chi connectivity index (χ4v) is 1.98. The summed E-state index contributed by atoms with van der Waals surface area (Å²) >= 11 is 3.20. The van der Waals surface area contributed by atoms with Gasteiger partial charge in [0.1, 0.15) is 11.6 Å². The molecule has 0 atom stereocenters. The van der Waals surface area contributed by atoms with Gasteiger partial charge >= 0.3 is 6.18 Å². The average molecular weight is 365 g/mol. The van der Waals surface area contributed by atoms with E-state index in [0.29, 0.717) is 22.2 Å². The second kappa shape index (κ2) is 5.98. The number of rotatable bonds is 3. The lowest BCUT2D eigenvalue weighted by Crippen LogP contribution is -2.08. The number of alkyl halides is 3. The maximum atomic E-state index is 13.2. The van der Waals surface area contributed by atoms with Gasteiger partial charge in [-0.3, -0.25) is 0 Å². The highest BCUT2D eigenvalue weighted by atomic mass is 79.9. The van der Waals surface area contributed by atoms with E-state index in [4.69, 9.17) is 10.5 Å². The van der Waals surface area contributed by atoms with E-state index in [9.17, 15) is 17.6 Å². The van der Waals surface area contributed by atoms with Crippen molar-refractivity contribution >= 4 is 15.9 Å². The number of hydrogen-bond donors (Lipinski definition) is 1. The summed E-state index contributed by atoms with van der Waals surface area (Å²) in [6.07, 6.45) is -3.38. The number of aromatic nitrogens is 1. The SMILES string of the molecule is NCc1cc(Br)cnc1Oc1ccc(F)c(C(F)(F)F)c1. The van der Waals surface area contributed by atoms with Crippen LogP contribution in [0.3, 0.4) is 0 Å². The largest absolute Gasteiger partial charge is 0.439 e. The molecule has 0 amide bonds. The van der Waals surface area contributed by atoms with Gasteiger partial charge in [-0.15, -0.1) is 0 Å². The van der Waals surface area contributed by atoms with E-state index in [1.807, 2.05) is 0 Å². The quantitative estimate of drug-likeness (QED) is 0.828. The molecule has 0 saturated heterocycles. The van der Waals surface area contributed by atoms with Crippen molar-refractivity contribution in [3.8, 4) is 11.6 Å². The number of pyridine rings is 1. The van der Waals surface area contributed by atoms with Gasteiger partial charge in [-0.05, 0) is 40.2 Å². The molecular weight excluding hydrogens is 356 g/mol. The van der Waals surface area contributed by atoms with Crippen LogP contribution >= 0.6 is 15.9 Å². The fourth-order valence-electron chi connectivity index (χ4n) is 1.60. The van der Waals surface area contributed by atoms with Gasteiger partial charge < -0.3 is 10.5 Å². The summed E-state index contributed by atoms with van der Waals surface area (Å²) in [6.45, 7) is 0.0924. The Labute approximate surface area is 125 Å². The van der Waals surface area contributed by atoms with E-state index < -0.39 is 17.6 Å². The molecule has 0 bridgehead atoms. The van der Waals surface area contributed by atoms with Gasteiger partial charge in [0, 0.05) is 22.8 Å². The van der Waals surface area contributed by atoms with Gasteiger partial charge in [0.2, 0.25) is 5.88 Å². The second-order valence-electron chi connectivity index (χ2n) is 4.06. The minimum Gasteiger partial charge on any atom is -0.439 e. The molecule has 0 spiro atoms. The molecule has 112 valence electrons. The molecule has 2 N–H and O–H groups in total. The molecule has 0 radical (unpaired) electrons. The highest BCUT2D eigenvalue weighted by Gasteiger charge is 2.34. The molecular formula is C13H9BrF4N2O. The Morgan fingerprint density at radius 3 is 2.57 bits per heavy atom. The lowest BCUT2D eigenvalue weighted by Gasteiger charge is -2.12. The highest BCUT2D eigenvalue weighted by Crippen LogP contribution is 2.35. The molecule has 0 aliphatic carbocycles. The van der Waals surface area contributed by atoms with Crippen molar-refractivity contribution in [2.75, 3.05) is 0 Å². The summed E-state index contributed by atoms with van der Waals surface area (Å²) in [7, 11) is 0. The molecule has 1 aromatic carbocycles. The Kier molecular flexibility index (Phi) is 4.48. The lowest BCUT2D eigenvalue weighted by atomic mass is 10.2.